The standard InChI is InChI=1S/C11H6BrClN4/c12-8-3-7(4-14)1-2-9(8)16-11-6-15-5-10(13)17-11/h1-3,5-6H,(H,16,17). The van der Waals surface area contributed by atoms with Crippen LogP contribution < -0.4 is 5.32 Å². The molecule has 17 heavy (non-hydrogen) atoms. The number of nitrogens with zero attached hydrogens (tertiary/aromatic N) is 3. The van der Waals surface area contributed by atoms with Crippen molar-refractivity contribution >= 4 is 39.0 Å². The summed E-state index contributed by atoms with van der Waals surface area (Å²) in [5.41, 5.74) is 1.38. The zero-order chi connectivity index (χ0) is 12.3. The maximum absolute atomic E-state index is 8.75. The summed E-state index contributed by atoms with van der Waals surface area (Å²) < 4.78 is 0.776. The molecule has 0 aliphatic carbocycles. The average molecular weight is 310 g/mol. The van der Waals surface area contributed by atoms with Crippen molar-refractivity contribution in [3.8, 4) is 6.07 Å². The summed E-state index contributed by atoms with van der Waals surface area (Å²) in [6.45, 7) is 0. The van der Waals surface area contributed by atoms with Gasteiger partial charge in [-0.3, -0.25) is 4.98 Å². The number of hydrogen-bond acceptors (Lipinski definition) is 4. The summed E-state index contributed by atoms with van der Waals surface area (Å²) >= 11 is 9.10. The first-order valence-electron chi connectivity index (χ1n) is 4.63. The fourth-order valence-corrected chi connectivity index (χ4v) is 1.85. The van der Waals surface area contributed by atoms with E-state index in [4.69, 9.17) is 16.9 Å². The topological polar surface area (TPSA) is 61.6 Å². The van der Waals surface area contributed by atoms with Crippen molar-refractivity contribution in [2.75, 3.05) is 5.32 Å². The largest absolute Gasteiger partial charge is 0.338 e. The van der Waals surface area contributed by atoms with Crippen molar-refractivity contribution in [3.05, 3.63) is 45.8 Å². The highest BCUT2D eigenvalue weighted by molar-refractivity contribution is 9.10. The Morgan fingerprint density at radius 2 is 2.18 bits per heavy atom. The number of rotatable bonds is 2. The summed E-state index contributed by atoms with van der Waals surface area (Å²) in [7, 11) is 0. The number of benzene rings is 1. The van der Waals surface area contributed by atoms with Gasteiger partial charge in [0, 0.05) is 4.47 Å². The second kappa shape index (κ2) is 5.13. The number of nitriles is 1. The van der Waals surface area contributed by atoms with Gasteiger partial charge in [-0.1, -0.05) is 11.6 Å². The van der Waals surface area contributed by atoms with E-state index in [9.17, 15) is 0 Å². The van der Waals surface area contributed by atoms with E-state index < -0.39 is 0 Å². The molecule has 0 saturated heterocycles. The van der Waals surface area contributed by atoms with Gasteiger partial charge in [-0.15, -0.1) is 0 Å². The second-order valence-electron chi connectivity index (χ2n) is 3.16. The SMILES string of the molecule is N#Cc1ccc(Nc2cncc(Cl)n2)c(Br)c1. The van der Waals surface area contributed by atoms with E-state index in [0.717, 1.165) is 10.2 Å². The van der Waals surface area contributed by atoms with E-state index in [1.165, 1.54) is 6.20 Å². The summed E-state index contributed by atoms with van der Waals surface area (Å²) in [6, 6.07) is 7.28. The van der Waals surface area contributed by atoms with E-state index in [1.807, 2.05) is 0 Å². The molecular weight excluding hydrogens is 304 g/mol. The second-order valence-corrected chi connectivity index (χ2v) is 4.40. The first-order valence-corrected chi connectivity index (χ1v) is 5.80. The Kier molecular flexibility index (Phi) is 3.57. The highest BCUT2D eigenvalue weighted by Gasteiger charge is 2.03. The third kappa shape index (κ3) is 2.93. The number of aromatic nitrogens is 2. The Morgan fingerprint density at radius 3 is 2.82 bits per heavy atom. The van der Waals surface area contributed by atoms with Crippen molar-refractivity contribution in [1.29, 1.82) is 5.26 Å². The van der Waals surface area contributed by atoms with E-state index >= 15 is 0 Å². The molecule has 0 unspecified atom stereocenters. The predicted octanol–water partition coefficient (Wildman–Crippen LogP) is 3.51. The molecule has 1 aromatic carbocycles. The number of nitrogens with one attached hydrogen (secondary N) is 1. The smallest absolute Gasteiger partial charge is 0.150 e. The lowest BCUT2D eigenvalue weighted by molar-refractivity contribution is 1.20. The molecular formula is C11H6BrClN4. The van der Waals surface area contributed by atoms with Crippen LogP contribution in [0.1, 0.15) is 5.56 Å². The van der Waals surface area contributed by atoms with Crippen molar-refractivity contribution in [2.45, 2.75) is 0 Å². The maximum Gasteiger partial charge on any atom is 0.150 e. The van der Waals surface area contributed by atoms with Crippen LogP contribution in [0.5, 0.6) is 0 Å². The van der Waals surface area contributed by atoms with Crippen LogP contribution >= 0.6 is 27.5 Å². The Hall–Kier alpha value is -1.64. The van der Waals surface area contributed by atoms with Gasteiger partial charge in [-0.25, -0.2) is 4.98 Å². The summed E-state index contributed by atoms with van der Waals surface area (Å²) in [5, 5.41) is 12.1. The van der Waals surface area contributed by atoms with Gasteiger partial charge in [0.25, 0.3) is 0 Å². The molecule has 1 heterocycles. The number of anilines is 2. The quantitative estimate of drug-likeness (QED) is 0.922. The molecule has 1 N–H and O–H groups in total. The van der Waals surface area contributed by atoms with Crippen molar-refractivity contribution in [2.24, 2.45) is 0 Å². The highest BCUT2D eigenvalue weighted by atomic mass is 79.9. The Bertz CT molecular complexity index is 594. The lowest BCUT2D eigenvalue weighted by Crippen LogP contribution is -1.95. The minimum atomic E-state index is 0.319. The molecule has 4 nitrogen and oxygen atoms in total. The molecule has 0 bridgehead atoms. The van der Waals surface area contributed by atoms with Crippen LogP contribution in [-0.2, 0) is 0 Å². The van der Waals surface area contributed by atoms with Crippen LogP contribution in [0.4, 0.5) is 11.5 Å². The van der Waals surface area contributed by atoms with Gasteiger partial charge >= 0.3 is 0 Å². The number of hydrogen-bond donors (Lipinski definition) is 1. The molecule has 0 spiro atoms. The van der Waals surface area contributed by atoms with Crippen molar-refractivity contribution < 1.29 is 0 Å². The lowest BCUT2D eigenvalue weighted by Gasteiger charge is -2.07. The van der Waals surface area contributed by atoms with E-state index in [-0.39, 0.29) is 0 Å². The fraction of sp³-hybridized carbons (Fsp3) is 0. The van der Waals surface area contributed by atoms with Crippen molar-refractivity contribution in [3.63, 3.8) is 0 Å². The third-order valence-corrected chi connectivity index (χ3v) is 2.80. The van der Waals surface area contributed by atoms with Gasteiger partial charge < -0.3 is 5.32 Å². The predicted molar refractivity (Wildman–Crippen MR) is 69.2 cm³/mol. The molecule has 0 aliphatic heterocycles. The van der Waals surface area contributed by atoms with Gasteiger partial charge in [0.15, 0.2) is 5.82 Å². The van der Waals surface area contributed by atoms with Gasteiger partial charge in [0.1, 0.15) is 5.15 Å². The Morgan fingerprint density at radius 1 is 1.35 bits per heavy atom. The van der Waals surface area contributed by atoms with Crippen LogP contribution in [0.2, 0.25) is 5.15 Å². The van der Waals surface area contributed by atoms with E-state index in [0.29, 0.717) is 16.5 Å². The molecule has 0 amide bonds. The van der Waals surface area contributed by atoms with E-state index in [1.54, 1.807) is 24.4 Å². The fourth-order valence-electron chi connectivity index (χ4n) is 1.23. The zero-order valence-electron chi connectivity index (χ0n) is 8.48. The first-order chi connectivity index (χ1) is 8.19. The minimum absolute atomic E-state index is 0.319. The molecule has 0 radical (unpaired) electrons. The van der Waals surface area contributed by atoms with Gasteiger partial charge in [-0.05, 0) is 34.1 Å². The maximum atomic E-state index is 8.75. The van der Waals surface area contributed by atoms with Gasteiger partial charge in [0.2, 0.25) is 0 Å². The third-order valence-electron chi connectivity index (χ3n) is 1.97. The average Bonchev–Trinajstić information content (AvgIpc) is 2.32. The molecule has 0 aliphatic rings. The summed E-state index contributed by atoms with van der Waals surface area (Å²) in [6.07, 6.45) is 3.02. The van der Waals surface area contributed by atoms with Crippen LogP contribution in [0, 0.1) is 11.3 Å². The van der Waals surface area contributed by atoms with Crippen LogP contribution in [0.25, 0.3) is 0 Å². The zero-order valence-corrected chi connectivity index (χ0v) is 10.8. The highest BCUT2D eigenvalue weighted by Crippen LogP contribution is 2.26. The van der Waals surface area contributed by atoms with Crippen molar-refractivity contribution in [1.82, 2.24) is 9.97 Å². The first kappa shape index (κ1) is 11.8. The molecule has 0 atom stereocenters. The molecule has 0 saturated carbocycles. The molecule has 84 valence electrons. The summed E-state index contributed by atoms with van der Waals surface area (Å²) in [4.78, 5) is 7.98. The lowest BCUT2D eigenvalue weighted by atomic mass is 10.2. The van der Waals surface area contributed by atoms with Crippen LogP contribution in [0.3, 0.4) is 0 Å². The van der Waals surface area contributed by atoms with Crippen LogP contribution in [0.15, 0.2) is 35.1 Å². The normalized spacial score (nSPS) is 9.71. The molecule has 0 fully saturated rings. The van der Waals surface area contributed by atoms with Gasteiger partial charge in [0.05, 0.1) is 29.7 Å². The molecule has 1 aromatic heterocycles. The van der Waals surface area contributed by atoms with E-state index in [2.05, 4.69) is 37.3 Å². The summed E-state index contributed by atoms with van der Waals surface area (Å²) in [5.74, 6) is 0.544. The van der Waals surface area contributed by atoms with Gasteiger partial charge in [-0.2, -0.15) is 5.26 Å². The molecule has 2 rings (SSSR count). The Balaban J connectivity index is 2.28. The Labute approximate surface area is 111 Å². The monoisotopic (exact) mass is 308 g/mol. The number of halogens is 2. The van der Waals surface area contributed by atoms with Crippen LogP contribution in [-0.4, -0.2) is 9.97 Å². The molecule has 2 aromatic rings. The molecule has 6 heteroatoms. The minimum Gasteiger partial charge on any atom is -0.338 e.